The Morgan fingerprint density at radius 3 is 2.33 bits per heavy atom. The molecule has 0 aliphatic carbocycles. The summed E-state index contributed by atoms with van der Waals surface area (Å²) in [4.78, 5) is 13.0. The second-order valence-corrected chi connectivity index (χ2v) is 9.94. The lowest BCUT2D eigenvalue weighted by Crippen LogP contribution is -2.41. The van der Waals surface area contributed by atoms with E-state index in [1.807, 2.05) is 42.5 Å². The molecule has 1 N–H and O–H groups in total. The van der Waals surface area contributed by atoms with Crippen LogP contribution in [0.3, 0.4) is 0 Å². The van der Waals surface area contributed by atoms with Crippen molar-refractivity contribution in [3.8, 4) is 0 Å². The Balaban J connectivity index is 1.59. The topological polar surface area (TPSA) is 66.5 Å². The molecule has 4 rings (SSSR count). The van der Waals surface area contributed by atoms with Crippen LogP contribution >= 0.6 is 11.6 Å². The Hall–Kier alpha value is -3.35. The summed E-state index contributed by atoms with van der Waals surface area (Å²) in [7, 11) is -3.99. The van der Waals surface area contributed by atoms with Crippen LogP contribution in [0.5, 0.6) is 0 Å². The number of carbonyl (C=O) groups is 1. The van der Waals surface area contributed by atoms with E-state index < -0.39 is 15.9 Å². The van der Waals surface area contributed by atoms with Crippen LogP contribution in [0.2, 0.25) is 5.02 Å². The molecule has 0 bridgehead atoms. The zero-order valence-corrected chi connectivity index (χ0v) is 19.6. The van der Waals surface area contributed by atoms with Gasteiger partial charge in [-0.3, -0.25) is 9.10 Å². The molecular formula is C26H23ClN2O3S. The zero-order chi connectivity index (χ0) is 23.4. The molecule has 0 spiro atoms. The Bertz CT molecular complexity index is 1410. The van der Waals surface area contributed by atoms with E-state index in [4.69, 9.17) is 11.6 Å². The van der Waals surface area contributed by atoms with Gasteiger partial charge in [0.2, 0.25) is 5.91 Å². The number of halogens is 1. The van der Waals surface area contributed by atoms with Crippen molar-refractivity contribution in [2.45, 2.75) is 18.4 Å². The van der Waals surface area contributed by atoms with E-state index in [0.29, 0.717) is 16.3 Å². The molecule has 168 valence electrons. The summed E-state index contributed by atoms with van der Waals surface area (Å²) in [6.07, 6.45) is 0. The lowest BCUT2D eigenvalue weighted by atomic mass is 10.1. The van der Waals surface area contributed by atoms with Crippen molar-refractivity contribution in [2.24, 2.45) is 0 Å². The first kappa shape index (κ1) is 22.8. The summed E-state index contributed by atoms with van der Waals surface area (Å²) < 4.78 is 28.0. The molecule has 0 aliphatic rings. The Morgan fingerprint density at radius 1 is 0.879 bits per heavy atom. The van der Waals surface area contributed by atoms with E-state index in [-0.39, 0.29) is 18.0 Å². The molecule has 0 saturated carbocycles. The molecule has 4 aromatic rings. The predicted octanol–water partition coefficient (Wildman–Crippen LogP) is 5.31. The van der Waals surface area contributed by atoms with Gasteiger partial charge in [0, 0.05) is 11.6 Å². The molecule has 7 heteroatoms. The van der Waals surface area contributed by atoms with Gasteiger partial charge in [-0.1, -0.05) is 72.3 Å². The monoisotopic (exact) mass is 478 g/mol. The number of hydrogen-bond acceptors (Lipinski definition) is 3. The van der Waals surface area contributed by atoms with E-state index in [1.165, 1.54) is 12.1 Å². The number of nitrogens with zero attached hydrogens (tertiary/aromatic N) is 1. The highest BCUT2D eigenvalue weighted by Crippen LogP contribution is 2.30. The van der Waals surface area contributed by atoms with Gasteiger partial charge in [-0.25, -0.2) is 8.42 Å². The summed E-state index contributed by atoms with van der Waals surface area (Å²) >= 11 is 6.26. The maximum atomic E-state index is 13.5. The first-order chi connectivity index (χ1) is 15.9. The average molecular weight is 479 g/mol. The number of carbonyl (C=O) groups excluding carboxylic acids is 1. The first-order valence-corrected chi connectivity index (χ1v) is 12.3. The van der Waals surface area contributed by atoms with Crippen LogP contribution in [-0.4, -0.2) is 20.9 Å². The third kappa shape index (κ3) is 5.02. The fourth-order valence-electron chi connectivity index (χ4n) is 3.62. The molecular weight excluding hydrogens is 456 g/mol. The normalized spacial score (nSPS) is 11.3. The number of fused-ring (bicyclic) bond motifs is 1. The van der Waals surface area contributed by atoms with E-state index in [1.54, 1.807) is 43.3 Å². The number of nitrogens with one attached hydrogen (secondary N) is 1. The smallest absolute Gasteiger partial charge is 0.264 e. The lowest BCUT2D eigenvalue weighted by Gasteiger charge is -2.26. The van der Waals surface area contributed by atoms with Crippen molar-refractivity contribution >= 4 is 44.0 Å². The van der Waals surface area contributed by atoms with E-state index in [2.05, 4.69) is 5.32 Å². The quantitative estimate of drug-likeness (QED) is 0.391. The maximum absolute atomic E-state index is 13.5. The number of amides is 1. The number of rotatable bonds is 7. The summed E-state index contributed by atoms with van der Waals surface area (Å²) in [6, 6.07) is 27.0. The first-order valence-electron chi connectivity index (χ1n) is 10.4. The Labute approximate surface area is 198 Å². The molecule has 0 aromatic heterocycles. The number of anilines is 1. The SMILES string of the molecule is Cc1c(Cl)cccc1N(CC(=O)NCc1ccc2ccccc2c1)S(=O)(=O)c1ccccc1. The predicted molar refractivity (Wildman–Crippen MR) is 133 cm³/mol. The van der Waals surface area contributed by atoms with Gasteiger partial charge in [0.1, 0.15) is 6.54 Å². The van der Waals surface area contributed by atoms with Crippen LogP contribution in [-0.2, 0) is 21.4 Å². The van der Waals surface area contributed by atoms with Crippen molar-refractivity contribution in [3.63, 3.8) is 0 Å². The number of sulfonamides is 1. The average Bonchev–Trinajstić information content (AvgIpc) is 2.83. The summed E-state index contributed by atoms with van der Waals surface area (Å²) in [5.41, 5.74) is 1.88. The molecule has 0 fully saturated rings. The van der Waals surface area contributed by atoms with E-state index >= 15 is 0 Å². The fourth-order valence-corrected chi connectivity index (χ4v) is 5.29. The van der Waals surface area contributed by atoms with Crippen molar-refractivity contribution in [3.05, 3.63) is 107 Å². The number of benzene rings is 4. The van der Waals surface area contributed by atoms with Crippen LogP contribution < -0.4 is 9.62 Å². The third-order valence-corrected chi connectivity index (χ3v) is 7.61. The van der Waals surface area contributed by atoms with Crippen LogP contribution in [0.1, 0.15) is 11.1 Å². The largest absolute Gasteiger partial charge is 0.350 e. The van der Waals surface area contributed by atoms with Crippen LogP contribution in [0.25, 0.3) is 10.8 Å². The molecule has 4 aromatic carbocycles. The van der Waals surface area contributed by atoms with Gasteiger partial charge in [-0.15, -0.1) is 0 Å². The van der Waals surface area contributed by atoms with Crippen LogP contribution in [0.15, 0.2) is 95.9 Å². The van der Waals surface area contributed by atoms with Gasteiger partial charge in [0.25, 0.3) is 10.0 Å². The molecule has 0 atom stereocenters. The Kier molecular flexibility index (Phi) is 6.67. The minimum Gasteiger partial charge on any atom is -0.350 e. The van der Waals surface area contributed by atoms with Gasteiger partial charge in [0.15, 0.2) is 0 Å². The molecule has 0 heterocycles. The molecule has 5 nitrogen and oxygen atoms in total. The zero-order valence-electron chi connectivity index (χ0n) is 18.0. The maximum Gasteiger partial charge on any atom is 0.264 e. The molecule has 0 aliphatic heterocycles. The number of hydrogen-bond donors (Lipinski definition) is 1. The van der Waals surface area contributed by atoms with Gasteiger partial charge in [-0.2, -0.15) is 0 Å². The highest BCUT2D eigenvalue weighted by atomic mass is 35.5. The molecule has 0 unspecified atom stereocenters. The van der Waals surface area contributed by atoms with Gasteiger partial charge >= 0.3 is 0 Å². The minimum absolute atomic E-state index is 0.103. The van der Waals surface area contributed by atoms with Crippen molar-refractivity contribution < 1.29 is 13.2 Å². The van der Waals surface area contributed by atoms with Crippen molar-refractivity contribution in [1.82, 2.24) is 5.32 Å². The summed E-state index contributed by atoms with van der Waals surface area (Å²) in [6.45, 7) is 1.65. The third-order valence-electron chi connectivity index (χ3n) is 5.43. The van der Waals surface area contributed by atoms with Crippen LogP contribution in [0.4, 0.5) is 5.69 Å². The standard InChI is InChI=1S/C26H23ClN2O3S/c1-19-24(27)12-7-13-25(19)29(33(31,32)23-10-3-2-4-11-23)18-26(30)28-17-20-14-15-21-8-5-6-9-22(21)16-20/h2-16H,17-18H2,1H3,(H,28,30). The minimum atomic E-state index is -3.99. The highest BCUT2D eigenvalue weighted by Gasteiger charge is 2.28. The molecule has 0 saturated heterocycles. The molecule has 33 heavy (non-hydrogen) atoms. The second kappa shape index (κ2) is 9.65. The van der Waals surface area contributed by atoms with Crippen LogP contribution in [0, 0.1) is 6.92 Å². The van der Waals surface area contributed by atoms with Crippen molar-refractivity contribution in [1.29, 1.82) is 0 Å². The lowest BCUT2D eigenvalue weighted by molar-refractivity contribution is -0.119. The highest BCUT2D eigenvalue weighted by molar-refractivity contribution is 7.92. The summed E-state index contributed by atoms with van der Waals surface area (Å²) in [5, 5.41) is 5.46. The second-order valence-electron chi connectivity index (χ2n) is 7.67. The van der Waals surface area contributed by atoms with Gasteiger partial charge in [-0.05, 0) is 59.2 Å². The fraction of sp³-hybridized carbons (Fsp3) is 0.115. The van der Waals surface area contributed by atoms with Crippen molar-refractivity contribution in [2.75, 3.05) is 10.8 Å². The van der Waals surface area contributed by atoms with Gasteiger partial charge in [0.05, 0.1) is 10.6 Å². The van der Waals surface area contributed by atoms with Gasteiger partial charge < -0.3 is 5.32 Å². The van der Waals surface area contributed by atoms with E-state index in [0.717, 1.165) is 20.6 Å². The Morgan fingerprint density at radius 2 is 1.58 bits per heavy atom. The summed E-state index contributed by atoms with van der Waals surface area (Å²) in [5.74, 6) is -0.415. The molecule has 1 amide bonds. The molecule has 0 radical (unpaired) electrons. The van der Waals surface area contributed by atoms with E-state index in [9.17, 15) is 13.2 Å².